The Bertz CT molecular complexity index is 280. The van der Waals surface area contributed by atoms with Gasteiger partial charge in [0.15, 0.2) is 0 Å². The van der Waals surface area contributed by atoms with Crippen LogP contribution in [0, 0.1) is 5.92 Å². The summed E-state index contributed by atoms with van der Waals surface area (Å²) in [5, 5.41) is 0. The van der Waals surface area contributed by atoms with Crippen LogP contribution in [0.15, 0.2) is 12.5 Å². The lowest BCUT2D eigenvalue weighted by atomic mass is 10.1. The molecule has 2 fully saturated rings. The highest BCUT2D eigenvalue weighted by Crippen LogP contribution is 2.43. The van der Waals surface area contributed by atoms with E-state index in [1.54, 1.807) is 6.33 Å². The highest BCUT2D eigenvalue weighted by molar-refractivity contribution is 5.02. The molecule has 0 radical (unpaired) electrons. The SMILES string of the molecule is c1ncc(CN2CCCC3CC32)[nH]1. The summed E-state index contributed by atoms with van der Waals surface area (Å²) >= 11 is 0. The zero-order valence-corrected chi connectivity index (χ0v) is 7.74. The monoisotopic (exact) mass is 177 g/mol. The van der Waals surface area contributed by atoms with Crippen LogP contribution in [0.4, 0.5) is 0 Å². The van der Waals surface area contributed by atoms with E-state index in [1.807, 2.05) is 6.20 Å². The van der Waals surface area contributed by atoms with Gasteiger partial charge in [0.1, 0.15) is 0 Å². The summed E-state index contributed by atoms with van der Waals surface area (Å²) in [4.78, 5) is 9.81. The van der Waals surface area contributed by atoms with Crippen LogP contribution in [-0.2, 0) is 6.54 Å². The fraction of sp³-hybridized carbons (Fsp3) is 0.700. The molecular formula is C10H15N3. The zero-order chi connectivity index (χ0) is 8.67. The second-order valence-corrected chi connectivity index (χ2v) is 4.25. The first-order chi connectivity index (χ1) is 6.43. The molecule has 1 N–H and O–H groups in total. The number of nitrogens with one attached hydrogen (secondary N) is 1. The molecule has 13 heavy (non-hydrogen) atoms. The Kier molecular flexibility index (Phi) is 1.65. The Morgan fingerprint density at radius 3 is 3.46 bits per heavy atom. The third-order valence-corrected chi connectivity index (χ3v) is 3.30. The number of fused-ring (bicyclic) bond motifs is 1. The molecule has 0 bridgehead atoms. The molecule has 70 valence electrons. The van der Waals surface area contributed by atoms with Gasteiger partial charge in [-0.05, 0) is 31.7 Å². The molecule has 2 heterocycles. The van der Waals surface area contributed by atoms with Crippen LogP contribution in [0.5, 0.6) is 0 Å². The van der Waals surface area contributed by atoms with Crippen LogP contribution in [0.2, 0.25) is 0 Å². The molecule has 0 amide bonds. The third-order valence-electron chi connectivity index (χ3n) is 3.30. The number of nitrogens with zero attached hydrogens (tertiary/aromatic N) is 2. The second-order valence-electron chi connectivity index (χ2n) is 4.25. The van der Waals surface area contributed by atoms with Crippen LogP contribution in [0.1, 0.15) is 25.0 Å². The Hall–Kier alpha value is -0.830. The number of hydrogen-bond acceptors (Lipinski definition) is 2. The van der Waals surface area contributed by atoms with E-state index in [-0.39, 0.29) is 0 Å². The van der Waals surface area contributed by atoms with Crippen molar-refractivity contribution in [2.45, 2.75) is 31.8 Å². The summed E-state index contributed by atoms with van der Waals surface area (Å²) in [5.74, 6) is 1.02. The number of aromatic amines is 1. The lowest BCUT2D eigenvalue weighted by Gasteiger charge is -2.25. The predicted octanol–water partition coefficient (Wildman–Crippen LogP) is 1.39. The fourth-order valence-electron chi connectivity index (χ4n) is 2.50. The van der Waals surface area contributed by atoms with Gasteiger partial charge < -0.3 is 4.98 Å². The predicted molar refractivity (Wildman–Crippen MR) is 50.1 cm³/mol. The van der Waals surface area contributed by atoms with Gasteiger partial charge in [0.2, 0.25) is 0 Å². The highest BCUT2D eigenvalue weighted by Gasteiger charge is 2.43. The maximum atomic E-state index is 4.04. The number of aromatic nitrogens is 2. The van der Waals surface area contributed by atoms with E-state index in [0.29, 0.717) is 0 Å². The van der Waals surface area contributed by atoms with Crippen molar-refractivity contribution in [2.24, 2.45) is 5.92 Å². The van der Waals surface area contributed by atoms with E-state index in [4.69, 9.17) is 0 Å². The normalized spacial score (nSPS) is 32.9. The van der Waals surface area contributed by atoms with Crippen LogP contribution in [-0.4, -0.2) is 27.5 Å². The molecule has 1 saturated carbocycles. The molecule has 1 aliphatic carbocycles. The van der Waals surface area contributed by atoms with Gasteiger partial charge in [0.05, 0.1) is 6.33 Å². The average Bonchev–Trinajstić information content (AvgIpc) is 2.77. The Morgan fingerprint density at radius 1 is 1.62 bits per heavy atom. The quantitative estimate of drug-likeness (QED) is 0.740. The van der Waals surface area contributed by atoms with Crippen molar-refractivity contribution in [1.82, 2.24) is 14.9 Å². The maximum absolute atomic E-state index is 4.04. The molecule has 1 saturated heterocycles. The average molecular weight is 177 g/mol. The van der Waals surface area contributed by atoms with E-state index in [9.17, 15) is 0 Å². The standard InChI is InChI=1S/C10H15N3/c1-2-8-4-10(8)13(3-1)6-9-5-11-7-12-9/h5,7-8,10H,1-4,6H2,(H,11,12). The largest absolute Gasteiger partial charge is 0.347 e. The minimum atomic E-state index is 0.900. The number of piperidine rings is 1. The Morgan fingerprint density at radius 2 is 2.62 bits per heavy atom. The smallest absolute Gasteiger partial charge is 0.0922 e. The first-order valence-electron chi connectivity index (χ1n) is 5.15. The lowest BCUT2D eigenvalue weighted by molar-refractivity contribution is 0.205. The van der Waals surface area contributed by atoms with Gasteiger partial charge in [0.25, 0.3) is 0 Å². The number of hydrogen-bond donors (Lipinski definition) is 1. The minimum absolute atomic E-state index is 0.900. The van der Waals surface area contributed by atoms with E-state index in [1.165, 1.54) is 31.5 Å². The van der Waals surface area contributed by atoms with Crippen LogP contribution in [0.3, 0.4) is 0 Å². The summed E-state index contributed by atoms with van der Waals surface area (Å²) in [5.41, 5.74) is 1.26. The van der Waals surface area contributed by atoms with Crippen LogP contribution in [0.25, 0.3) is 0 Å². The fourth-order valence-corrected chi connectivity index (χ4v) is 2.50. The van der Waals surface area contributed by atoms with Gasteiger partial charge in [-0.3, -0.25) is 4.90 Å². The van der Waals surface area contributed by atoms with Gasteiger partial charge in [-0.2, -0.15) is 0 Å². The van der Waals surface area contributed by atoms with E-state index in [2.05, 4.69) is 14.9 Å². The molecule has 3 nitrogen and oxygen atoms in total. The van der Waals surface area contributed by atoms with E-state index >= 15 is 0 Å². The summed E-state index contributed by atoms with van der Waals surface area (Å²) < 4.78 is 0. The van der Waals surface area contributed by atoms with Gasteiger partial charge in [-0.25, -0.2) is 4.98 Å². The first kappa shape index (κ1) is 7.56. The molecule has 1 aromatic rings. The molecule has 2 atom stereocenters. The van der Waals surface area contributed by atoms with Gasteiger partial charge in [0, 0.05) is 24.5 Å². The molecule has 0 spiro atoms. The van der Waals surface area contributed by atoms with Gasteiger partial charge in [-0.15, -0.1) is 0 Å². The molecular weight excluding hydrogens is 162 g/mol. The van der Waals surface area contributed by atoms with Gasteiger partial charge >= 0.3 is 0 Å². The minimum Gasteiger partial charge on any atom is -0.347 e. The van der Waals surface area contributed by atoms with Crippen molar-refractivity contribution < 1.29 is 0 Å². The maximum Gasteiger partial charge on any atom is 0.0922 e. The summed E-state index contributed by atoms with van der Waals surface area (Å²) in [6.07, 6.45) is 7.99. The van der Waals surface area contributed by atoms with Gasteiger partial charge in [-0.1, -0.05) is 0 Å². The topological polar surface area (TPSA) is 31.9 Å². The summed E-state index contributed by atoms with van der Waals surface area (Å²) in [6.45, 7) is 2.35. The van der Waals surface area contributed by atoms with Crippen LogP contribution >= 0.6 is 0 Å². The zero-order valence-electron chi connectivity index (χ0n) is 7.74. The number of rotatable bonds is 2. The highest BCUT2D eigenvalue weighted by atomic mass is 15.2. The van der Waals surface area contributed by atoms with Crippen molar-refractivity contribution in [3.8, 4) is 0 Å². The summed E-state index contributed by atoms with van der Waals surface area (Å²) in [6, 6.07) is 0.900. The molecule has 1 aliphatic heterocycles. The Labute approximate surface area is 78.2 Å². The van der Waals surface area contributed by atoms with E-state index in [0.717, 1.165) is 18.5 Å². The second kappa shape index (κ2) is 2.84. The van der Waals surface area contributed by atoms with Crippen molar-refractivity contribution in [3.63, 3.8) is 0 Å². The first-order valence-corrected chi connectivity index (χ1v) is 5.15. The summed E-state index contributed by atoms with van der Waals surface area (Å²) in [7, 11) is 0. The molecule has 3 heteroatoms. The number of likely N-dealkylation sites (tertiary alicyclic amines) is 1. The number of H-pyrrole nitrogens is 1. The molecule has 2 aliphatic rings. The van der Waals surface area contributed by atoms with Crippen molar-refractivity contribution in [3.05, 3.63) is 18.2 Å². The molecule has 3 rings (SSSR count). The van der Waals surface area contributed by atoms with E-state index < -0.39 is 0 Å². The lowest BCUT2D eigenvalue weighted by Crippen LogP contribution is -2.31. The molecule has 1 aromatic heterocycles. The van der Waals surface area contributed by atoms with Crippen LogP contribution < -0.4 is 0 Å². The van der Waals surface area contributed by atoms with Crippen molar-refractivity contribution in [2.75, 3.05) is 6.54 Å². The molecule has 2 unspecified atom stereocenters. The van der Waals surface area contributed by atoms with Crippen molar-refractivity contribution in [1.29, 1.82) is 0 Å². The number of imidazole rings is 1. The third kappa shape index (κ3) is 1.37. The molecule has 0 aromatic carbocycles. The van der Waals surface area contributed by atoms with Crippen molar-refractivity contribution >= 4 is 0 Å². The Balaban J connectivity index is 1.66.